The van der Waals surface area contributed by atoms with Crippen molar-refractivity contribution in [3.8, 4) is 0 Å². The van der Waals surface area contributed by atoms with Crippen LogP contribution in [0.4, 0.5) is 5.13 Å². The normalized spacial score (nSPS) is 22.5. The first kappa shape index (κ1) is 17.9. The number of hydrogen-bond acceptors (Lipinski definition) is 9. The van der Waals surface area contributed by atoms with E-state index in [0.717, 1.165) is 16.2 Å². The second kappa shape index (κ2) is 6.80. The third kappa shape index (κ3) is 2.82. The Hall–Kier alpha value is -2.86. The summed E-state index contributed by atoms with van der Waals surface area (Å²) >= 11 is 2.37. The summed E-state index contributed by atoms with van der Waals surface area (Å²) in [6.07, 6.45) is 1.40. The number of nitrogens with two attached hydrogens (primary N) is 1. The van der Waals surface area contributed by atoms with Gasteiger partial charge >= 0.3 is 5.97 Å². The van der Waals surface area contributed by atoms with Crippen molar-refractivity contribution in [3.63, 3.8) is 0 Å². The molecule has 0 aliphatic carbocycles. The second-order valence-electron chi connectivity index (χ2n) is 5.26. The molecule has 10 nitrogen and oxygen atoms in total. The lowest BCUT2D eigenvalue weighted by atomic mass is 10.0. The number of amides is 2. The molecule has 2 aliphatic rings. The zero-order chi connectivity index (χ0) is 19.0. The number of carboxylic acid groups (broad SMARTS) is 1. The highest BCUT2D eigenvalue weighted by Crippen LogP contribution is 2.40. The van der Waals surface area contributed by atoms with E-state index < -0.39 is 29.2 Å². The number of aliphatic carboxylic acids is 1. The van der Waals surface area contributed by atoms with Crippen LogP contribution in [0, 0.1) is 0 Å². The van der Waals surface area contributed by atoms with Crippen LogP contribution in [0.3, 0.4) is 0 Å². The number of thiazole rings is 1. The Kier molecular flexibility index (Phi) is 4.70. The smallest absolute Gasteiger partial charge is 0.352 e. The number of anilines is 1. The van der Waals surface area contributed by atoms with Crippen molar-refractivity contribution in [2.45, 2.75) is 11.4 Å². The molecule has 12 heteroatoms. The van der Waals surface area contributed by atoms with Crippen molar-refractivity contribution < 1.29 is 24.7 Å². The van der Waals surface area contributed by atoms with E-state index in [4.69, 9.17) is 10.9 Å². The average molecular weight is 395 g/mol. The van der Waals surface area contributed by atoms with Gasteiger partial charge in [0.05, 0.1) is 0 Å². The molecule has 0 saturated carbocycles. The number of carbonyl (C=O) groups excluding carboxylic acids is 2. The lowest BCUT2D eigenvalue weighted by molar-refractivity contribution is -0.150. The largest absolute Gasteiger partial charge is 0.477 e. The number of thioether (sulfide) groups is 1. The molecule has 1 aromatic rings. The minimum atomic E-state index is -1.24. The van der Waals surface area contributed by atoms with Gasteiger partial charge in [0.15, 0.2) is 10.8 Å². The topological polar surface area (TPSA) is 158 Å². The maximum atomic E-state index is 12.4. The molecule has 3 rings (SSSR count). The molecule has 3 heterocycles. The lowest BCUT2D eigenvalue weighted by Gasteiger charge is -2.49. The molecule has 0 radical (unpaired) electrons. The predicted octanol–water partition coefficient (Wildman–Crippen LogP) is -0.172. The Balaban J connectivity index is 1.78. The number of rotatable bonds is 5. The van der Waals surface area contributed by atoms with Crippen molar-refractivity contribution in [2.75, 3.05) is 11.5 Å². The molecule has 0 spiro atoms. The van der Waals surface area contributed by atoms with E-state index in [-0.39, 0.29) is 22.2 Å². The quantitative estimate of drug-likeness (QED) is 0.231. The molecule has 0 aromatic carbocycles. The van der Waals surface area contributed by atoms with Crippen molar-refractivity contribution in [1.82, 2.24) is 15.2 Å². The van der Waals surface area contributed by atoms with Crippen LogP contribution in [-0.2, 0) is 14.4 Å². The fourth-order valence-electron chi connectivity index (χ4n) is 2.62. The van der Waals surface area contributed by atoms with Crippen LogP contribution >= 0.6 is 23.1 Å². The molecule has 0 bridgehead atoms. The fourth-order valence-corrected chi connectivity index (χ4v) is 4.51. The number of hydrogen-bond donors (Lipinski definition) is 4. The molecular formula is C14H13N5O5S2. The maximum absolute atomic E-state index is 12.4. The van der Waals surface area contributed by atoms with E-state index in [9.17, 15) is 19.5 Å². The van der Waals surface area contributed by atoms with E-state index in [1.807, 2.05) is 0 Å². The first-order valence-corrected chi connectivity index (χ1v) is 9.09. The summed E-state index contributed by atoms with van der Waals surface area (Å²) in [5, 5.41) is 24.9. The van der Waals surface area contributed by atoms with Crippen LogP contribution in [-0.4, -0.2) is 60.9 Å². The number of aromatic nitrogens is 1. The summed E-state index contributed by atoms with van der Waals surface area (Å²) in [7, 11) is 0. The summed E-state index contributed by atoms with van der Waals surface area (Å²) in [5.41, 5.74) is 5.49. The van der Waals surface area contributed by atoms with Gasteiger partial charge < -0.3 is 21.4 Å². The van der Waals surface area contributed by atoms with Crippen molar-refractivity contribution in [3.05, 3.63) is 35.0 Å². The van der Waals surface area contributed by atoms with Gasteiger partial charge in [0.1, 0.15) is 22.8 Å². The summed E-state index contributed by atoms with van der Waals surface area (Å²) < 4.78 is 0. The number of oxime groups is 1. The highest BCUT2D eigenvalue weighted by Gasteiger charge is 2.54. The Morgan fingerprint density at radius 3 is 2.81 bits per heavy atom. The molecule has 2 unspecified atom stereocenters. The summed E-state index contributed by atoms with van der Waals surface area (Å²) in [5.74, 6) is -2.27. The Bertz CT molecular complexity index is 877. The van der Waals surface area contributed by atoms with Gasteiger partial charge in [-0.15, -0.1) is 23.1 Å². The third-order valence-corrected chi connectivity index (χ3v) is 5.79. The van der Waals surface area contributed by atoms with Crippen molar-refractivity contribution in [2.24, 2.45) is 5.16 Å². The standard InChI is InChI=1S/C14H13N5O5S2/c1-2-5-3-25-12-8(11(21)19(12)9(5)13(22)23)17-10(20)7(18-24)6-4-26-14(15)16-6/h2,4,8,12,24H,1,3H2,(H2,15,16)(H,17,20)(H,22,23)/b18-7+. The van der Waals surface area contributed by atoms with E-state index in [2.05, 4.69) is 22.0 Å². The molecule has 2 amide bonds. The van der Waals surface area contributed by atoms with Gasteiger partial charge in [0, 0.05) is 11.1 Å². The minimum absolute atomic E-state index is 0.0764. The zero-order valence-corrected chi connectivity index (χ0v) is 14.7. The molecule has 5 N–H and O–H groups in total. The Labute approximate surface area is 155 Å². The Morgan fingerprint density at radius 2 is 2.27 bits per heavy atom. The summed E-state index contributed by atoms with van der Waals surface area (Å²) in [6, 6.07) is -0.944. The van der Waals surface area contributed by atoms with Gasteiger partial charge in [-0.1, -0.05) is 17.8 Å². The third-order valence-electron chi connectivity index (χ3n) is 3.81. The monoisotopic (exact) mass is 395 g/mol. The zero-order valence-electron chi connectivity index (χ0n) is 13.1. The van der Waals surface area contributed by atoms with Gasteiger partial charge in [-0.3, -0.25) is 14.5 Å². The Morgan fingerprint density at radius 1 is 1.54 bits per heavy atom. The molecular weight excluding hydrogens is 382 g/mol. The number of nitrogen functional groups attached to an aromatic ring is 1. The summed E-state index contributed by atoms with van der Waals surface area (Å²) in [4.78, 5) is 41.2. The van der Waals surface area contributed by atoms with Gasteiger partial charge in [-0.25, -0.2) is 9.78 Å². The molecule has 1 saturated heterocycles. The SMILES string of the molecule is C=CC1=C(C(=O)O)N2C(=O)C(NC(=O)/C(=N/O)c3csc(N)n3)C2SC1. The van der Waals surface area contributed by atoms with E-state index >= 15 is 0 Å². The number of β-lactam (4-membered cyclic amide) rings is 1. The van der Waals surface area contributed by atoms with Gasteiger partial charge in [-0.2, -0.15) is 0 Å². The fraction of sp³-hybridized carbons (Fsp3) is 0.214. The van der Waals surface area contributed by atoms with E-state index in [1.165, 1.54) is 23.2 Å². The van der Waals surface area contributed by atoms with E-state index in [1.54, 1.807) is 0 Å². The van der Waals surface area contributed by atoms with Gasteiger partial charge in [0.2, 0.25) is 0 Å². The number of nitrogens with zero attached hydrogens (tertiary/aromatic N) is 3. The highest BCUT2D eigenvalue weighted by atomic mass is 32.2. The van der Waals surface area contributed by atoms with Crippen LogP contribution in [0.15, 0.2) is 34.5 Å². The number of nitrogens with one attached hydrogen (secondary N) is 1. The minimum Gasteiger partial charge on any atom is -0.477 e. The van der Waals surface area contributed by atoms with Crippen LogP contribution in [0.25, 0.3) is 0 Å². The molecule has 2 atom stereocenters. The maximum Gasteiger partial charge on any atom is 0.352 e. The van der Waals surface area contributed by atoms with Crippen LogP contribution < -0.4 is 11.1 Å². The number of fused-ring (bicyclic) bond motifs is 1. The molecule has 2 aliphatic heterocycles. The highest BCUT2D eigenvalue weighted by molar-refractivity contribution is 8.00. The summed E-state index contributed by atoms with van der Waals surface area (Å²) in [6.45, 7) is 3.56. The van der Waals surface area contributed by atoms with Crippen LogP contribution in [0.5, 0.6) is 0 Å². The average Bonchev–Trinajstić information content (AvgIpc) is 3.04. The van der Waals surface area contributed by atoms with Crippen molar-refractivity contribution >= 4 is 51.7 Å². The van der Waals surface area contributed by atoms with Gasteiger partial charge in [-0.05, 0) is 5.57 Å². The van der Waals surface area contributed by atoms with Gasteiger partial charge in [0.25, 0.3) is 11.8 Å². The van der Waals surface area contributed by atoms with Crippen molar-refractivity contribution in [1.29, 1.82) is 0 Å². The molecule has 136 valence electrons. The predicted molar refractivity (Wildman–Crippen MR) is 94.7 cm³/mol. The van der Waals surface area contributed by atoms with Crippen LogP contribution in [0.1, 0.15) is 5.69 Å². The molecule has 26 heavy (non-hydrogen) atoms. The number of carbonyl (C=O) groups is 3. The second-order valence-corrected chi connectivity index (χ2v) is 7.26. The number of carboxylic acids is 1. The van der Waals surface area contributed by atoms with Crippen LogP contribution in [0.2, 0.25) is 0 Å². The first-order valence-electron chi connectivity index (χ1n) is 7.16. The molecule has 1 fully saturated rings. The number of allylic oxidation sites excluding steroid dienone is 1. The first-order chi connectivity index (χ1) is 12.4. The lowest BCUT2D eigenvalue weighted by Crippen LogP contribution is -2.71. The van der Waals surface area contributed by atoms with E-state index in [0.29, 0.717) is 11.3 Å². The molecule has 1 aromatic heterocycles.